The van der Waals surface area contributed by atoms with Crippen LogP contribution < -0.4 is 10.2 Å². The number of benzene rings is 2. The van der Waals surface area contributed by atoms with Crippen LogP contribution in [0.1, 0.15) is 36.1 Å². The Hall–Kier alpha value is -2.72. The van der Waals surface area contributed by atoms with Gasteiger partial charge in [-0.2, -0.15) is 0 Å². The van der Waals surface area contributed by atoms with Gasteiger partial charge in [-0.25, -0.2) is 18.9 Å². The van der Waals surface area contributed by atoms with Crippen molar-refractivity contribution in [3.05, 3.63) is 75.1 Å². The Morgan fingerprint density at radius 3 is 2.56 bits per heavy atom. The summed E-state index contributed by atoms with van der Waals surface area (Å²) >= 11 is 12.6. The normalized spacial score (nSPS) is 19.2. The Kier molecular flexibility index (Phi) is 7.43. The first-order chi connectivity index (χ1) is 17.4. The van der Waals surface area contributed by atoms with Crippen LogP contribution in [0.15, 0.2) is 42.5 Å². The number of fused-ring (bicyclic) bond motifs is 1. The van der Waals surface area contributed by atoms with E-state index in [4.69, 9.17) is 27.9 Å². The molecule has 2 aliphatic rings. The number of nitrogens with zero attached hydrogens (tertiary/aromatic N) is 3. The number of nitrogens with one attached hydrogen (secondary N) is 1. The van der Waals surface area contributed by atoms with Gasteiger partial charge in [-0.1, -0.05) is 41.8 Å². The van der Waals surface area contributed by atoms with Gasteiger partial charge in [0.15, 0.2) is 0 Å². The molecule has 3 aromatic rings. The Morgan fingerprint density at radius 2 is 1.83 bits per heavy atom. The Labute approximate surface area is 220 Å². The number of aromatic nitrogens is 2. The number of ether oxygens (including phenoxy) is 1. The smallest absolute Gasteiger partial charge is 0.388 e. The summed E-state index contributed by atoms with van der Waals surface area (Å²) in [6, 6.07) is 11.0. The summed E-state index contributed by atoms with van der Waals surface area (Å²) in [6.45, 7) is 1.49. The molecular weight excluding hydrogens is 526 g/mol. The lowest BCUT2D eigenvalue weighted by atomic mass is 10.1. The number of rotatable bonds is 4. The lowest BCUT2D eigenvalue weighted by molar-refractivity contribution is 0.127. The summed E-state index contributed by atoms with van der Waals surface area (Å²) in [6.07, 6.45) is 4.29. The molecule has 0 saturated carbocycles. The first kappa shape index (κ1) is 25.0. The van der Waals surface area contributed by atoms with Crippen LogP contribution in [0.2, 0.25) is 10.0 Å². The Morgan fingerprint density at radius 1 is 1.08 bits per heavy atom. The van der Waals surface area contributed by atoms with Crippen molar-refractivity contribution in [2.24, 2.45) is 0 Å². The zero-order valence-electron chi connectivity index (χ0n) is 19.2. The summed E-state index contributed by atoms with van der Waals surface area (Å²) in [5.74, 6) is 0.121. The van der Waals surface area contributed by atoms with Crippen molar-refractivity contribution in [3.63, 3.8) is 0 Å². The molecule has 2 aromatic carbocycles. The molecule has 1 aromatic heterocycles. The number of amides is 1. The van der Waals surface area contributed by atoms with Gasteiger partial charge in [0.1, 0.15) is 5.82 Å². The van der Waals surface area contributed by atoms with Crippen molar-refractivity contribution in [1.82, 2.24) is 20.2 Å². The van der Waals surface area contributed by atoms with Gasteiger partial charge in [0.25, 0.3) is 0 Å². The molecule has 1 unspecified atom stereocenters. The number of carbonyl (C=O) groups is 1. The summed E-state index contributed by atoms with van der Waals surface area (Å²) in [4.78, 5) is 12.7. The van der Waals surface area contributed by atoms with Gasteiger partial charge in [-0.05, 0) is 60.4 Å². The second-order valence-electron chi connectivity index (χ2n) is 8.64. The maximum atomic E-state index is 13.5. The maximum Gasteiger partial charge on any atom is 0.428 e. The highest BCUT2D eigenvalue weighted by atomic mass is 35.5. The molecule has 0 spiro atoms. The fourth-order valence-electron chi connectivity index (χ4n) is 4.37. The maximum absolute atomic E-state index is 13.5. The monoisotopic (exact) mass is 548 g/mol. The number of hydrogen-bond acceptors (Lipinski definition) is 5. The molecule has 1 saturated heterocycles. The van der Waals surface area contributed by atoms with Crippen LogP contribution in [0.5, 0.6) is 5.88 Å². The Bertz CT molecular complexity index is 1350. The van der Waals surface area contributed by atoms with Crippen LogP contribution in [-0.2, 0) is 16.6 Å². The van der Waals surface area contributed by atoms with Gasteiger partial charge in [0.2, 0.25) is 5.88 Å². The molecule has 1 amide bonds. The first-order valence-corrected chi connectivity index (χ1v) is 13.7. The number of hydrogen-bond donors (Lipinski definition) is 1. The van der Waals surface area contributed by atoms with E-state index in [9.17, 15) is 13.4 Å². The van der Waals surface area contributed by atoms with Crippen molar-refractivity contribution in [2.45, 2.75) is 25.0 Å². The molecule has 5 rings (SSSR count). The minimum atomic E-state index is -1.27. The molecule has 1 atom stereocenters. The number of carbonyl (C=O) groups excluding carboxylic acids is 1. The van der Waals surface area contributed by atoms with E-state index in [1.54, 1.807) is 35.0 Å². The molecule has 7 nitrogen and oxygen atoms in total. The fraction of sp³-hybridized carbons (Fsp3) is 0.280. The van der Waals surface area contributed by atoms with Crippen LogP contribution in [0.3, 0.4) is 0 Å². The molecule has 188 valence electrons. The second kappa shape index (κ2) is 10.7. The van der Waals surface area contributed by atoms with Gasteiger partial charge in [-0.3, -0.25) is 9.63 Å². The van der Waals surface area contributed by atoms with Gasteiger partial charge in [0.05, 0.1) is 33.5 Å². The molecule has 0 bridgehead atoms. The minimum Gasteiger partial charge on any atom is -0.388 e. The molecule has 36 heavy (non-hydrogen) atoms. The Balaban J connectivity index is 1.58. The highest BCUT2D eigenvalue weighted by molar-refractivity contribution is 7.84. The van der Waals surface area contributed by atoms with Crippen LogP contribution >= 0.6 is 23.2 Å². The highest BCUT2D eigenvalue weighted by Gasteiger charge is 2.31. The van der Waals surface area contributed by atoms with Gasteiger partial charge in [0, 0.05) is 28.9 Å². The third-order valence-electron chi connectivity index (χ3n) is 6.02. The molecule has 1 N–H and O–H groups in total. The van der Waals surface area contributed by atoms with E-state index < -0.39 is 16.9 Å². The van der Waals surface area contributed by atoms with E-state index in [0.717, 1.165) is 37.9 Å². The first-order valence-electron chi connectivity index (χ1n) is 11.5. The van der Waals surface area contributed by atoms with Crippen molar-refractivity contribution >= 4 is 51.7 Å². The second-order valence-corrected chi connectivity index (χ2v) is 10.9. The van der Waals surface area contributed by atoms with E-state index >= 15 is 0 Å². The van der Waals surface area contributed by atoms with Crippen molar-refractivity contribution in [1.29, 1.82) is 0 Å². The zero-order chi connectivity index (χ0) is 25.2. The quantitative estimate of drug-likeness (QED) is 0.458. The lowest BCUT2D eigenvalue weighted by Crippen LogP contribution is -2.46. The molecule has 3 heterocycles. The third kappa shape index (κ3) is 5.49. The predicted octanol–water partition coefficient (Wildman–Crippen LogP) is 5.61. The summed E-state index contributed by atoms with van der Waals surface area (Å²) in [5.41, 5.74) is 5.89. The molecule has 2 aliphatic heterocycles. The summed E-state index contributed by atoms with van der Waals surface area (Å²) < 4.78 is 33.5. The van der Waals surface area contributed by atoms with Crippen molar-refractivity contribution in [3.8, 4) is 11.6 Å². The van der Waals surface area contributed by atoms with Crippen molar-refractivity contribution in [2.75, 3.05) is 18.8 Å². The van der Waals surface area contributed by atoms with E-state index in [1.807, 2.05) is 11.1 Å². The van der Waals surface area contributed by atoms with E-state index in [2.05, 4.69) is 10.5 Å². The number of piperidine rings is 1. The highest BCUT2D eigenvalue weighted by Crippen LogP contribution is 2.38. The predicted molar refractivity (Wildman–Crippen MR) is 139 cm³/mol. The van der Waals surface area contributed by atoms with E-state index in [1.165, 1.54) is 12.1 Å². The topological polar surface area (TPSA) is 76.5 Å². The number of halogens is 3. The van der Waals surface area contributed by atoms with Gasteiger partial charge in [-0.15, -0.1) is 5.10 Å². The SMILES string of the molecule is O=C(NN1CCCCC1)Oc1nn(-c2ccc(Cl)cc2Cl)c2c1CS(=O)C/C2=C\c1ccc(F)cc1. The summed E-state index contributed by atoms with van der Waals surface area (Å²) in [7, 11) is -1.27. The molecule has 0 radical (unpaired) electrons. The minimum absolute atomic E-state index is 0.0589. The van der Waals surface area contributed by atoms with Crippen molar-refractivity contribution < 1.29 is 18.1 Å². The standard InChI is InChI=1S/C25H23Cl2FN4O3S/c26-18-6-9-22(21(27)13-18)32-23-17(12-16-4-7-19(28)8-5-16)14-36(34)15-20(23)24(29-32)35-25(33)30-31-10-2-1-3-11-31/h4-9,12-13H,1-3,10-11,14-15H2,(H,30,33)/b17-12+. The van der Waals surface area contributed by atoms with Crippen LogP contribution in [0, 0.1) is 5.82 Å². The van der Waals surface area contributed by atoms with Crippen LogP contribution in [0.4, 0.5) is 9.18 Å². The fourth-order valence-corrected chi connectivity index (χ4v) is 6.11. The third-order valence-corrected chi connectivity index (χ3v) is 7.80. The lowest BCUT2D eigenvalue weighted by Gasteiger charge is -2.26. The molecule has 0 aliphatic carbocycles. The van der Waals surface area contributed by atoms with Gasteiger partial charge >= 0.3 is 6.09 Å². The summed E-state index contributed by atoms with van der Waals surface area (Å²) in [5, 5.41) is 7.22. The van der Waals surface area contributed by atoms with E-state index in [0.29, 0.717) is 32.6 Å². The van der Waals surface area contributed by atoms with Crippen LogP contribution in [-0.4, -0.2) is 43.9 Å². The molecule has 11 heteroatoms. The number of hydrazine groups is 1. The molecule has 1 fully saturated rings. The average molecular weight is 549 g/mol. The largest absolute Gasteiger partial charge is 0.428 e. The zero-order valence-corrected chi connectivity index (χ0v) is 21.5. The molecular formula is C25H23Cl2FN4O3S. The van der Waals surface area contributed by atoms with E-state index in [-0.39, 0.29) is 23.2 Å². The van der Waals surface area contributed by atoms with Crippen LogP contribution in [0.25, 0.3) is 17.3 Å². The van der Waals surface area contributed by atoms with Gasteiger partial charge < -0.3 is 4.74 Å². The average Bonchev–Trinajstić information content (AvgIpc) is 3.18.